The lowest BCUT2D eigenvalue weighted by atomic mass is 9.74. The highest BCUT2D eigenvalue weighted by molar-refractivity contribution is 5.84. The lowest BCUT2D eigenvalue weighted by Crippen LogP contribution is -2.49. The Morgan fingerprint density at radius 3 is 2.74 bits per heavy atom. The van der Waals surface area contributed by atoms with Crippen molar-refractivity contribution in [1.82, 2.24) is 15.2 Å². The predicted octanol–water partition coefficient (Wildman–Crippen LogP) is 4.93. The molecule has 1 N–H and O–H groups in total. The second-order valence-electron chi connectivity index (χ2n) is 10.6. The highest BCUT2D eigenvalue weighted by Crippen LogP contribution is 2.46. The van der Waals surface area contributed by atoms with Crippen molar-refractivity contribution >= 4 is 11.5 Å². The minimum atomic E-state index is -4.42. The van der Waals surface area contributed by atoms with Gasteiger partial charge >= 0.3 is 6.18 Å². The summed E-state index contributed by atoms with van der Waals surface area (Å²) in [6.07, 6.45) is 4.01. The van der Waals surface area contributed by atoms with E-state index in [2.05, 4.69) is 31.1 Å². The molecule has 2 aliphatic heterocycles. The summed E-state index contributed by atoms with van der Waals surface area (Å²) < 4.78 is 44.8. The number of hydrogen-bond donors (Lipinski definition) is 1. The van der Waals surface area contributed by atoms with Crippen LogP contribution in [0.25, 0.3) is 5.57 Å². The van der Waals surface area contributed by atoms with E-state index in [1.165, 1.54) is 6.20 Å². The average Bonchev–Trinajstić information content (AvgIpc) is 3.25. The van der Waals surface area contributed by atoms with Crippen LogP contribution in [-0.2, 0) is 15.7 Å². The van der Waals surface area contributed by atoms with Gasteiger partial charge in [0.05, 0.1) is 17.6 Å². The number of nitrogens with zero attached hydrogens (tertiary/aromatic N) is 2. The summed E-state index contributed by atoms with van der Waals surface area (Å²) in [5.41, 5.74) is 0.165. The van der Waals surface area contributed by atoms with Gasteiger partial charge in [-0.3, -0.25) is 9.78 Å². The topological polar surface area (TPSA) is 54.5 Å². The number of ether oxygens (including phenoxy) is 1. The molecule has 188 valence electrons. The van der Waals surface area contributed by atoms with E-state index in [1.807, 2.05) is 11.0 Å². The van der Waals surface area contributed by atoms with E-state index in [1.54, 1.807) is 0 Å². The molecule has 0 radical (unpaired) electrons. The van der Waals surface area contributed by atoms with Crippen molar-refractivity contribution in [3.63, 3.8) is 0 Å². The number of carbonyl (C=O) groups is 1. The van der Waals surface area contributed by atoms with Gasteiger partial charge in [-0.1, -0.05) is 26.8 Å². The zero-order valence-corrected chi connectivity index (χ0v) is 20.3. The van der Waals surface area contributed by atoms with Gasteiger partial charge in [0.2, 0.25) is 5.91 Å². The molecule has 3 heterocycles. The number of amides is 1. The van der Waals surface area contributed by atoms with Crippen LogP contribution in [0.2, 0.25) is 0 Å². The number of pyridine rings is 1. The summed E-state index contributed by atoms with van der Waals surface area (Å²) in [6, 6.07) is 1.90. The number of aromatic nitrogens is 1. The van der Waals surface area contributed by atoms with Gasteiger partial charge in [0.25, 0.3) is 0 Å². The van der Waals surface area contributed by atoms with Crippen LogP contribution in [0, 0.1) is 17.3 Å². The van der Waals surface area contributed by atoms with Crippen molar-refractivity contribution in [2.24, 2.45) is 17.3 Å². The quantitative estimate of drug-likeness (QED) is 0.651. The van der Waals surface area contributed by atoms with Gasteiger partial charge in [0.1, 0.15) is 0 Å². The second kappa shape index (κ2) is 9.97. The third kappa shape index (κ3) is 5.18. The number of hydrogen-bond acceptors (Lipinski definition) is 4. The molecular formula is C26H36F3N3O2. The Bertz CT molecular complexity index is 917. The van der Waals surface area contributed by atoms with Gasteiger partial charge in [-0.05, 0) is 61.1 Å². The Morgan fingerprint density at radius 2 is 2.09 bits per heavy atom. The van der Waals surface area contributed by atoms with Crippen molar-refractivity contribution in [1.29, 1.82) is 0 Å². The number of alkyl halides is 3. The van der Waals surface area contributed by atoms with Crippen molar-refractivity contribution < 1.29 is 22.7 Å². The molecule has 1 aromatic heterocycles. The highest BCUT2D eigenvalue weighted by atomic mass is 19.4. The van der Waals surface area contributed by atoms with E-state index in [0.29, 0.717) is 43.1 Å². The van der Waals surface area contributed by atoms with Crippen LogP contribution in [-0.4, -0.2) is 54.2 Å². The molecule has 1 amide bonds. The van der Waals surface area contributed by atoms with Crippen LogP contribution < -0.4 is 5.32 Å². The minimum Gasteiger partial charge on any atom is -0.381 e. The fourth-order valence-electron chi connectivity index (χ4n) is 5.82. The fraction of sp³-hybridized carbons (Fsp3) is 0.692. The van der Waals surface area contributed by atoms with Gasteiger partial charge in [0, 0.05) is 44.2 Å². The lowest BCUT2D eigenvalue weighted by Gasteiger charge is -2.39. The van der Waals surface area contributed by atoms with Gasteiger partial charge in [0.15, 0.2) is 0 Å². The molecule has 3 aliphatic rings. The Balaban J connectivity index is 1.43. The summed E-state index contributed by atoms with van der Waals surface area (Å²) in [5, 5.41) is 3.82. The van der Waals surface area contributed by atoms with Crippen molar-refractivity contribution in [3.8, 4) is 0 Å². The summed E-state index contributed by atoms with van der Waals surface area (Å²) in [4.78, 5) is 19.5. The summed E-state index contributed by atoms with van der Waals surface area (Å²) in [7, 11) is 0. The first-order valence-electron chi connectivity index (χ1n) is 12.4. The zero-order chi connectivity index (χ0) is 24.5. The molecule has 2 fully saturated rings. The Hall–Kier alpha value is -1.93. The van der Waals surface area contributed by atoms with Gasteiger partial charge in [-0.15, -0.1) is 0 Å². The van der Waals surface area contributed by atoms with E-state index >= 15 is 0 Å². The number of nitrogens with one attached hydrogen (secondary N) is 1. The maximum atomic E-state index is 13.8. The van der Waals surface area contributed by atoms with Crippen LogP contribution in [0.1, 0.15) is 64.0 Å². The summed E-state index contributed by atoms with van der Waals surface area (Å²) in [5.74, 6) is 0.871. The van der Waals surface area contributed by atoms with E-state index in [0.717, 1.165) is 56.7 Å². The molecule has 1 aromatic rings. The standard InChI is InChI=1S/C26H36F3N3O2/c1-17(2)25(8-4-22(13-25)31-23-7-11-34-16-18(23)3)24(33)32-9-5-19(6-10-32)20-12-21(15-30-14-20)26(27,28)29/h5,12,14-15,17-18,22-23,31H,4,6-11,13,16H2,1-3H3/t18?,22-,23?,25+/m1/s1. The van der Waals surface area contributed by atoms with Crippen molar-refractivity contribution in [2.45, 2.75) is 71.1 Å². The van der Waals surface area contributed by atoms with Crippen LogP contribution in [0.15, 0.2) is 24.5 Å². The van der Waals surface area contributed by atoms with Crippen molar-refractivity contribution in [2.75, 3.05) is 26.3 Å². The third-order valence-electron chi connectivity index (χ3n) is 8.10. The molecule has 5 nitrogen and oxygen atoms in total. The SMILES string of the molecule is CC1COCCC1N[C@@H]1CC[C@@](C(=O)N2CC=C(c3cncc(C(F)(F)F)c3)CC2)(C(C)C)C1. The molecule has 4 atom stereocenters. The first-order chi connectivity index (χ1) is 16.1. The molecule has 1 saturated heterocycles. The monoisotopic (exact) mass is 479 g/mol. The molecule has 1 aliphatic carbocycles. The fourth-order valence-corrected chi connectivity index (χ4v) is 5.82. The Kier molecular flexibility index (Phi) is 7.38. The zero-order valence-electron chi connectivity index (χ0n) is 20.3. The summed E-state index contributed by atoms with van der Waals surface area (Å²) >= 11 is 0. The largest absolute Gasteiger partial charge is 0.417 e. The maximum absolute atomic E-state index is 13.8. The normalized spacial score (nSPS) is 30.5. The van der Waals surface area contributed by atoms with Crippen LogP contribution in [0.4, 0.5) is 13.2 Å². The first-order valence-corrected chi connectivity index (χ1v) is 12.4. The molecule has 8 heteroatoms. The minimum absolute atomic E-state index is 0.185. The summed E-state index contributed by atoms with van der Waals surface area (Å²) in [6.45, 7) is 8.99. The molecule has 0 bridgehead atoms. The molecule has 2 unspecified atom stereocenters. The predicted molar refractivity (Wildman–Crippen MR) is 125 cm³/mol. The molecule has 4 rings (SSSR count). The van der Waals surface area contributed by atoms with E-state index in [4.69, 9.17) is 4.74 Å². The first kappa shape index (κ1) is 25.2. The second-order valence-corrected chi connectivity index (χ2v) is 10.6. The van der Waals surface area contributed by atoms with Crippen molar-refractivity contribution in [3.05, 3.63) is 35.7 Å². The van der Waals surface area contributed by atoms with Crippen LogP contribution >= 0.6 is 0 Å². The van der Waals surface area contributed by atoms with Gasteiger partial charge in [-0.25, -0.2) is 0 Å². The maximum Gasteiger partial charge on any atom is 0.417 e. The van der Waals surface area contributed by atoms with Gasteiger partial charge < -0.3 is 15.0 Å². The third-order valence-corrected chi connectivity index (χ3v) is 8.10. The number of rotatable bonds is 5. The molecule has 1 saturated carbocycles. The lowest BCUT2D eigenvalue weighted by molar-refractivity contribution is -0.144. The Labute approximate surface area is 200 Å². The average molecular weight is 480 g/mol. The van der Waals surface area contributed by atoms with E-state index in [9.17, 15) is 18.0 Å². The molecule has 34 heavy (non-hydrogen) atoms. The van der Waals surface area contributed by atoms with Crippen LogP contribution in [0.3, 0.4) is 0 Å². The highest BCUT2D eigenvalue weighted by Gasteiger charge is 2.49. The Morgan fingerprint density at radius 1 is 1.29 bits per heavy atom. The number of carbonyl (C=O) groups excluding carboxylic acids is 1. The van der Waals surface area contributed by atoms with Gasteiger partial charge in [-0.2, -0.15) is 13.2 Å². The molecule has 0 spiro atoms. The smallest absolute Gasteiger partial charge is 0.381 e. The molecular weight excluding hydrogens is 443 g/mol. The van der Waals surface area contributed by atoms with E-state index in [-0.39, 0.29) is 11.8 Å². The molecule has 0 aromatic carbocycles. The number of halogens is 3. The van der Waals surface area contributed by atoms with E-state index < -0.39 is 17.2 Å². The van der Waals surface area contributed by atoms with Crippen LogP contribution in [0.5, 0.6) is 0 Å².